The number of halogens is 4. The minimum Gasteiger partial charge on any atom is -0.369 e. The van der Waals surface area contributed by atoms with E-state index in [1.807, 2.05) is 23.1 Å². The lowest BCUT2D eigenvalue weighted by atomic mass is 9.68. The Kier molecular flexibility index (Phi) is 10.2. The molecule has 2 heterocycles. The summed E-state index contributed by atoms with van der Waals surface area (Å²) in [7, 11) is 0. The SMILES string of the molecule is Cl.Cl.Cl.NCC1(c2cccc(Cl)c2)CCC(N2CCn3c(CC(N)=O)nnc3C2=O)CC1. The van der Waals surface area contributed by atoms with E-state index in [2.05, 4.69) is 16.3 Å². The molecule has 0 bridgehead atoms. The predicted octanol–water partition coefficient (Wildman–Crippen LogP) is 2.52. The average Bonchev–Trinajstić information content (AvgIpc) is 3.11. The van der Waals surface area contributed by atoms with Crippen molar-refractivity contribution in [1.82, 2.24) is 19.7 Å². The van der Waals surface area contributed by atoms with Crippen molar-refractivity contribution in [2.45, 2.75) is 50.1 Å². The summed E-state index contributed by atoms with van der Waals surface area (Å²) in [6.45, 7) is 1.70. The van der Waals surface area contributed by atoms with Crippen LogP contribution in [0.15, 0.2) is 24.3 Å². The summed E-state index contributed by atoms with van der Waals surface area (Å²) in [5.74, 6) is 0.124. The highest BCUT2D eigenvalue weighted by atomic mass is 35.5. The molecule has 12 heteroatoms. The van der Waals surface area contributed by atoms with Gasteiger partial charge in [-0.05, 0) is 43.4 Å². The lowest BCUT2D eigenvalue weighted by Gasteiger charge is -2.44. The maximum Gasteiger partial charge on any atom is 0.292 e. The number of carbonyl (C=O) groups is 2. The normalized spacial score (nSPS) is 22.1. The number of hydrogen-bond donors (Lipinski definition) is 2. The van der Waals surface area contributed by atoms with Crippen LogP contribution in [-0.4, -0.2) is 50.6 Å². The molecule has 4 rings (SSSR count). The monoisotopic (exact) mass is 524 g/mol. The van der Waals surface area contributed by atoms with Crippen LogP contribution in [0.1, 0.15) is 47.7 Å². The van der Waals surface area contributed by atoms with Crippen LogP contribution in [0.3, 0.4) is 0 Å². The van der Waals surface area contributed by atoms with Gasteiger partial charge in [0.2, 0.25) is 11.7 Å². The number of hydrogen-bond acceptors (Lipinski definition) is 5. The maximum atomic E-state index is 13.0. The minimum atomic E-state index is -0.485. The number of nitrogens with zero attached hydrogens (tertiary/aromatic N) is 4. The zero-order valence-electron chi connectivity index (χ0n) is 17.4. The molecule has 8 nitrogen and oxygen atoms in total. The van der Waals surface area contributed by atoms with Crippen LogP contribution in [-0.2, 0) is 23.2 Å². The molecule has 178 valence electrons. The molecule has 32 heavy (non-hydrogen) atoms. The van der Waals surface area contributed by atoms with Crippen LogP contribution in [0.5, 0.6) is 0 Å². The Morgan fingerprint density at radius 1 is 1.16 bits per heavy atom. The van der Waals surface area contributed by atoms with Gasteiger partial charge < -0.3 is 20.9 Å². The van der Waals surface area contributed by atoms with E-state index in [1.165, 1.54) is 5.56 Å². The van der Waals surface area contributed by atoms with Gasteiger partial charge >= 0.3 is 0 Å². The zero-order valence-corrected chi connectivity index (χ0v) is 20.6. The number of aromatic nitrogens is 3. The van der Waals surface area contributed by atoms with Crippen molar-refractivity contribution in [3.63, 3.8) is 0 Å². The van der Waals surface area contributed by atoms with Gasteiger partial charge in [0.15, 0.2) is 0 Å². The summed E-state index contributed by atoms with van der Waals surface area (Å²) in [6, 6.07) is 8.07. The third-order valence-electron chi connectivity index (χ3n) is 6.36. The summed E-state index contributed by atoms with van der Waals surface area (Å²) in [5.41, 5.74) is 12.5. The van der Waals surface area contributed by atoms with Gasteiger partial charge in [-0.25, -0.2) is 0 Å². The second-order valence-corrected chi connectivity index (χ2v) is 8.40. The molecule has 4 N–H and O–H groups in total. The maximum absolute atomic E-state index is 13.0. The van der Waals surface area contributed by atoms with E-state index in [1.54, 1.807) is 4.57 Å². The molecule has 0 saturated heterocycles. The Balaban J connectivity index is 0.00000171. The van der Waals surface area contributed by atoms with Crippen LogP contribution in [0.25, 0.3) is 0 Å². The molecule has 1 fully saturated rings. The highest BCUT2D eigenvalue weighted by molar-refractivity contribution is 6.30. The predicted molar refractivity (Wildman–Crippen MR) is 130 cm³/mol. The first-order valence-corrected chi connectivity index (χ1v) is 10.3. The molecular formula is C20H28Cl4N6O2. The van der Waals surface area contributed by atoms with Crippen LogP contribution in [0.4, 0.5) is 0 Å². The molecule has 1 saturated carbocycles. The smallest absolute Gasteiger partial charge is 0.292 e. The lowest BCUT2D eigenvalue weighted by Crippen LogP contribution is -2.51. The fraction of sp³-hybridized carbons (Fsp3) is 0.500. The van der Waals surface area contributed by atoms with Gasteiger partial charge in [0.25, 0.3) is 5.91 Å². The highest BCUT2D eigenvalue weighted by Gasteiger charge is 2.40. The fourth-order valence-electron chi connectivity index (χ4n) is 4.70. The molecule has 0 spiro atoms. The Hall–Kier alpha value is -1.58. The van der Waals surface area contributed by atoms with Crippen LogP contribution in [0.2, 0.25) is 5.02 Å². The van der Waals surface area contributed by atoms with E-state index in [0.717, 1.165) is 30.7 Å². The highest BCUT2D eigenvalue weighted by Crippen LogP contribution is 2.41. The number of fused-ring (bicyclic) bond motifs is 1. The molecule has 1 aliphatic carbocycles. The van der Waals surface area contributed by atoms with Crippen LogP contribution >= 0.6 is 48.8 Å². The van der Waals surface area contributed by atoms with Crippen molar-refractivity contribution in [2.24, 2.45) is 11.5 Å². The van der Waals surface area contributed by atoms with Gasteiger partial charge in [-0.2, -0.15) is 0 Å². The summed E-state index contributed by atoms with van der Waals surface area (Å²) in [5, 5.41) is 8.72. The van der Waals surface area contributed by atoms with Gasteiger partial charge in [0, 0.05) is 36.1 Å². The van der Waals surface area contributed by atoms with E-state index in [0.29, 0.717) is 25.5 Å². The van der Waals surface area contributed by atoms with Crippen molar-refractivity contribution in [1.29, 1.82) is 0 Å². The van der Waals surface area contributed by atoms with E-state index in [-0.39, 0.29) is 66.8 Å². The number of amides is 2. The molecule has 0 atom stereocenters. The van der Waals surface area contributed by atoms with Crippen LogP contribution in [0, 0.1) is 0 Å². The second kappa shape index (κ2) is 11.5. The van der Waals surface area contributed by atoms with Crippen molar-refractivity contribution in [3.8, 4) is 0 Å². The molecule has 1 aromatic heterocycles. The van der Waals surface area contributed by atoms with E-state index >= 15 is 0 Å². The summed E-state index contributed by atoms with van der Waals surface area (Å²) in [6.07, 6.45) is 3.54. The third-order valence-corrected chi connectivity index (χ3v) is 6.59. The van der Waals surface area contributed by atoms with Gasteiger partial charge in [-0.3, -0.25) is 9.59 Å². The number of primary amides is 1. The van der Waals surface area contributed by atoms with Crippen molar-refractivity contribution in [3.05, 3.63) is 46.5 Å². The van der Waals surface area contributed by atoms with Gasteiger partial charge in [-0.1, -0.05) is 23.7 Å². The Bertz CT molecular complexity index is 946. The zero-order chi connectivity index (χ0) is 20.6. The topological polar surface area (TPSA) is 120 Å². The molecule has 2 aromatic rings. The van der Waals surface area contributed by atoms with Crippen LogP contribution < -0.4 is 11.5 Å². The Labute approximate surface area is 210 Å². The van der Waals surface area contributed by atoms with Crippen molar-refractivity contribution in [2.75, 3.05) is 13.1 Å². The number of rotatable bonds is 5. The fourth-order valence-corrected chi connectivity index (χ4v) is 4.89. The summed E-state index contributed by atoms with van der Waals surface area (Å²) in [4.78, 5) is 26.1. The molecule has 1 aromatic carbocycles. The van der Waals surface area contributed by atoms with E-state index in [9.17, 15) is 9.59 Å². The first-order valence-electron chi connectivity index (χ1n) is 9.91. The Morgan fingerprint density at radius 2 is 1.84 bits per heavy atom. The second-order valence-electron chi connectivity index (χ2n) is 7.96. The molecule has 0 unspecified atom stereocenters. The number of benzene rings is 1. The molecule has 2 aliphatic rings. The first-order chi connectivity index (χ1) is 13.9. The third kappa shape index (κ3) is 5.31. The van der Waals surface area contributed by atoms with Crippen molar-refractivity contribution < 1.29 is 9.59 Å². The summed E-state index contributed by atoms with van der Waals surface area (Å²) < 4.78 is 1.71. The molecular weight excluding hydrogens is 498 g/mol. The summed E-state index contributed by atoms with van der Waals surface area (Å²) >= 11 is 6.20. The standard InChI is InChI=1S/C20H25ClN6O2.3ClH/c21-14-3-1-2-13(10-14)20(12-22)6-4-15(5-7-20)26-8-9-27-17(11-16(23)28)24-25-18(27)19(26)29;;;/h1-3,10,15H,4-9,11-12,22H2,(H2,23,28);3*1H. The molecule has 1 aliphatic heterocycles. The average molecular weight is 526 g/mol. The van der Waals surface area contributed by atoms with Gasteiger partial charge in [0.05, 0.1) is 6.42 Å². The number of nitrogens with two attached hydrogens (primary N) is 2. The van der Waals surface area contributed by atoms with E-state index < -0.39 is 5.91 Å². The van der Waals surface area contributed by atoms with Crippen molar-refractivity contribution >= 4 is 60.6 Å². The van der Waals surface area contributed by atoms with E-state index in [4.69, 9.17) is 23.1 Å². The molecule has 2 amide bonds. The van der Waals surface area contributed by atoms with Gasteiger partial charge in [0.1, 0.15) is 5.82 Å². The van der Waals surface area contributed by atoms with Gasteiger partial charge in [-0.15, -0.1) is 47.4 Å². The largest absolute Gasteiger partial charge is 0.369 e. The minimum absolute atomic E-state index is 0. The first kappa shape index (κ1) is 28.5. The lowest BCUT2D eigenvalue weighted by molar-refractivity contribution is -0.117. The molecule has 0 radical (unpaired) electrons. The quantitative estimate of drug-likeness (QED) is 0.621. The number of carbonyl (C=O) groups excluding carboxylic acids is 2. The Morgan fingerprint density at radius 3 is 2.44 bits per heavy atom.